The first kappa shape index (κ1) is 18.9. The molecule has 0 unspecified atom stereocenters. The molecule has 0 saturated heterocycles. The van der Waals surface area contributed by atoms with E-state index in [0.29, 0.717) is 16.8 Å². The molecule has 6 nitrogen and oxygen atoms in total. The number of carbonyl (C=O) groups excluding carboxylic acids is 1. The van der Waals surface area contributed by atoms with E-state index in [9.17, 15) is 14.4 Å². The number of amidine groups is 1. The Balaban J connectivity index is 1.80. The smallest absolute Gasteiger partial charge is 0.160 e. The summed E-state index contributed by atoms with van der Waals surface area (Å²) in [4.78, 5) is 20.6. The number of halogens is 2. The van der Waals surface area contributed by atoms with Crippen molar-refractivity contribution in [3.8, 4) is 0 Å². The number of pyridine rings is 1. The zero-order valence-corrected chi connectivity index (χ0v) is 15.6. The van der Waals surface area contributed by atoms with E-state index in [1.807, 2.05) is 11.5 Å². The molecule has 3 aromatic rings. The third kappa shape index (κ3) is 4.87. The van der Waals surface area contributed by atoms with Gasteiger partial charge >= 0.3 is 0 Å². The lowest BCUT2D eigenvalue weighted by Gasteiger charge is -2.06. The molecule has 0 spiro atoms. The summed E-state index contributed by atoms with van der Waals surface area (Å²) in [5, 5.41) is 9.48. The molecule has 0 atom stereocenters. The molecule has 0 radical (unpaired) electrons. The second-order valence-electron chi connectivity index (χ2n) is 5.73. The van der Waals surface area contributed by atoms with E-state index in [1.165, 1.54) is 30.7 Å². The van der Waals surface area contributed by atoms with Gasteiger partial charge in [-0.25, -0.2) is 9.38 Å². The van der Waals surface area contributed by atoms with Crippen LogP contribution in [0.4, 0.5) is 10.1 Å². The quantitative estimate of drug-likeness (QED) is 0.350. The van der Waals surface area contributed by atoms with Crippen molar-refractivity contribution in [3.05, 3.63) is 82.2 Å². The Hall–Kier alpha value is -2.84. The zero-order valence-electron chi connectivity index (χ0n) is 14.0. The summed E-state index contributed by atoms with van der Waals surface area (Å²) in [5.41, 5.74) is 4.25. The molecule has 0 aliphatic carbocycles. The largest absolute Gasteiger partial charge is 0.472 e. The number of ketones is 1. The summed E-state index contributed by atoms with van der Waals surface area (Å²) in [6, 6.07) is 7.79. The Bertz CT molecular complexity index is 973. The second-order valence-corrected chi connectivity index (χ2v) is 6.59. The summed E-state index contributed by atoms with van der Waals surface area (Å²) < 4.78 is 18.8. The number of hydroxylamine groups is 1. The monoisotopic (exact) mass is 431 g/mol. The van der Waals surface area contributed by atoms with Crippen LogP contribution in [-0.2, 0) is 17.6 Å². The fourth-order valence-corrected chi connectivity index (χ4v) is 2.87. The number of Topliss-reactive ketones (excluding diaryl/α,β-unsaturated/α-hetero) is 1. The average Bonchev–Trinajstić information content (AvgIpc) is 3.11. The van der Waals surface area contributed by atoms with Crippen LogP contribution in [0.1, 0.15) is 16.7 Å². The molecule has 2 N–H and O–H groups in total. The van der Waals surface area contributed by atoms with Crippen LogP contribution in [0.3, 0.4) is 0 Å². The summed E-state index contributed by atoms with van der Waals surface area (Å²) >= 11 is 3.09. The molecule has 2 aromatic heterocycles. The van der Waals surface area contributed by atoms with Gasteiger partial charge in [-0.15, -0.1) is 0 Å². The van der Waals surface area contributed by atoms with E-state index in [-0.39, 0.29) is 28.9 Å². The highest BCUT2D eigenvalue weighted by Crippen LogP contribution is 2.23. The molecular formula is C19H15BrFN3O3. The SMILES string of the molecule is O=C(Cc1cccnc1)Cc1cocc1C(=Nc1ccc(F)c(Br)c1)NO. The van der Waals surface area contributed by atoms with Gasteiger partial charge in [-0.05, 0) is 45.8 Å². The number of aromatic nitrogens is 1. The molecule has 0 fully saturated rings. The summed E-state index contributed by atoms with van der Waals surface area (Å²) in [5.74, 6) is -0.364. The lowest BCUT2D eigenvalue weighted by Crippen LogP contribution is -2.21. The van der Waals surface area contributed by atoms with Gasteiger partial charge in [-0.1, -0.05) is 6.07 Å². The minimum atomic E-state index is -0.419. The molecule has 3 rings (SSSR count). The van der Waals surface area contributed by atoms with Crippen LogP contribution in [0.2, 0.25) is 0 Å². The first-order valence-electron chi connectivity index (χ1n) is 7.96. The molecule has 0 amide bonds. The Morgan fingerprint density at radius 3 is 2.85 bits per heavy atom. The molecule has 8 heteroatoms. The Labute approximate surface area is 162 Å². The molecule has 1 aromatic carbocycles. The van der Waals surface area contributed by atoms with Gasteiger partial charge in [-0.3, -0.25) is 20.5 Å². The van der Waals surface area contributed by atoms with Crippen molar-refractivity contribution >= 4 is 33.2 Å². The van der Waals surface area contributed by atoms with E-state index in [4.69, 9.17) is 4.42 Å². The molecular weight excluding hydrogens is 417 g/mol. The third-order valence-corrected chi connectivity index (χ3v) is 4.37. The normalized spacial score (nSPS) is 11.4. The summed E-state index contributed by atoms with van der Waals surface area (Å²) in [6.45, 7) is 0. The summed E-state index contributed by atoms with van der Waals surface area (Å²) in [6.07, 6.45) is 6.45. The van der Waals surface area contributed by atoms with Crippen LogP contribution in [0, 0.1) is 5.82 Å². The molecule has 138 valence electrons. The maximum absolute atomic E-state index is 13.4. The van der Waals surface area contributed by atoms with Gasteiger partial charge in [0.1, 0.15) is 17.9 Å². The predicted octanol–water partition coefficient (Wildman–Crippen LogP) is 3.99. The first-order valence-corrected chi connectivity index (χ1v) is 8.76. The van der Waals surface area contributed by atoms with Crippen molar-refractivity contribution in [1.82, 2.24) is 10.5 Å². The second kappa shape index (κ2) is 8.70. The number of benzene rings is 1. The number of rotatable bonds is 6. The molecule has 0 aliphatic rings. The summed E-state index contributed by atoms with van der Waals surface area (Å²) in [7, 11) is 0. The first-order chi connectivity index (χ1) is 13.1. The zero-order chi connectivity index (χ0) is 19.2. The van der Waals surface area contributed by atoms with Crippen LogP contribution in [-0.4, -0.2) is 21.8 Å². The van der Waals surface area contributed by atoms with Crippen molar-refractivity contribution < 1.29 is 18.8 Å². The van der Waals surface area contributed by atoms with Crippen LogP contribution in [0.5, 0.6) is 0 Å². The fraction of sp³-hybridized carbons (Fsp3) is 0.105. The van der Waals surface area contributed by atoms with Gasteiger partial charge < -0.3 is 4.42 Å². The molecule has 27 heavy (non-hydrogen) atoms. The number of furan rings is 1. The van der Waals surface area contributed by atoms with Gasteiger partial charge in [0.05, 0.1) is 22.0 Å². The van der Waals surface area contributed by atoms with Crippen molar-refractivity contribution in [1.29, 1.82) is 0 Å². The molecule has 2 heterocycles. The standard InChI is InChI=1S/C19H15BrFN3O3/c20-17-8-14(3-4-18(17)21)23-19(24-26)16-11-27-10-13(16)7-15(25)6-12-2-1-5-22-9-12/h1-5,8-11,26H,6-7H2,(H,23,24). The minimum absolute atomic E-state index is 0.0348. The third-order valence-electron chi connectivity index (χ3n) is 3.76. The van der Waals surface area contributed by atoms with Gasteiger partial charge in [0.15, 0.2) is 5.84 Å². The highest BCUT2D eigenvalue weighted by Gasteiger charge is 2.16. The van der Waals surface area contributed by atoms with Crippen LogP contribution in [0.15, 0.2) is 69.1 Å². The van der Waals surface area contributed by atoms with Crippen LogP contribution in [0.25, 0.3) is 0 Å². The fourth-order valence-electron chi connectivity index (χ4n) is 2.50. The number of nitrogens with one attached hydrogen (secondary N) is 1. The lowest BCUT2D eigenvalue weighted by molar-refractivity contribution is -0.117. The van der Waals surface area contributed by atoms with Gasteiger partial charge in [0, 0.05) is 30.8 Å². The van der Waals surface area contributed by atoms with E-state index in [1.54, 1.807) is 18.5 Å². The number of aliphatic imine (C=N–C) groups is 1. The number of carbonyl (C=O) groups is 1. The number of hydrogen-bond donors (Lipinski definition) is 2. The lowest BCUT2D eigenvalue weighted by atomic mass is 10.0. The van der Waals surface area contributed by atoms with E-state index in [2.05, 4.69) is 25.9 Å². The Kier molecular flexibility index (Phi) is 6.10. The van der Waals surface area contributed by atoms with Crippen molar-refractivity contribution in [2.75, 3.05) is 0 Å². The number of hydrogen-bond acceptors (Lipinski definition) is 5. The Morgan fingerprint density at radius 2 is 2.15 bits per heavy atom. The van der Waals surface area contributed by atoms with Crippen molar-refractivity contribution in [2.24, 2.45) is 4.99 Å². The van der Waals surface area contributed by atoms with E-state index < -0.39 is 5.82 Å². The van der Waals surface area contributed by atoms with Crippen LogP contribution >= 0.6 is 15.9 Å². The molecule has 0 saturated carbocycles. The van der Waals surface area contributed by atoms with Gasteiger partial charge in [-0.2, -0.15) is 0 Å². The maximum atomic E-state index is 13.4. The van der Waals surface area contributed by atoms with Crippen molar-refractivity contribution in [2.45, 2.75) is 12.8 Å². The van der Waals surface area contributed by atoms with Crippen molar-refractivity contribution in [3.63, 3.8) is 0 Å². The van der Waals surface area contributed by atoms with Gasteiger partial charge in [0.25, 0.3) is 0 Å². The maximum Gasteiger partial charge on any atom is 0.160 e. The van der Waals surface area contributed by atoms with E-state index >= 15 is 0 Å². The highest BCUT2D eigenvalue weighted by atomic mass is 79.9. The predicted molar refractivity (Wildman–Crippen MR) is 101 cm³/mol. The Morgan fingerprint density at radius 1 is 1.30 bits per heavy atom. The molecule has 0 bridgehead atoms. The number of nitrogens with zero attached hydrogens (tertiary/aromatic N) is 2. The van der Waals surface area contributed by atoms with Crippen LogP contribution < -0.4 is 5.48 Å². The van der Waals surface area contributed by atoms with E-state index in [0.717, 1.165) is 5.56 Å². The van der Waals surface area contributed by atoms with Gasteiger partial charge in [0.2, 0.25) is 0 Å². The minimum Gasteiger partial charge on any atom is -0.472 e. The average molecular weight is 432 g/mol. The highest BCUT2D eigenvalue weighted by molar-refractivity contribution is 9.10. The topological polar surface area (TPSA) is 87.7 Å². The molecule has 0 aliphatic heterocycles.